The SMILES string of the molecule is CCC1C(=O)NC(=O)CN1C(=O)CC1CCCCC1. The third-order valence-electron chi connectivity index (χ3n) is 4.15. The first-order chi connectivity index (χ1) is 9.11. The van der Waals surface area contributed by atoms with Crippen LogP contribution >= 0.6 is 0 Å². The zero-order chi connectivity index (χ0) is 13.8. The van der Waals surface area contributed by atoms with Crippen LogP contribution in [0.15, 0.2) is 0 Å². The van der Waals surface area contributed by atoms with Crippen LogP contribution < -0.4 is 5.32 Å². The van der Waals surface area contributed by atoms with Crippen LogP contribution in [0.1, 0.15) is 51.9 Å². The number of carbonyl (C=O) groups is 3. The van der Waals surface area contributed by atoms with E-state index in [0.717, 1.165) is 12.8 Å². The number of hydrogen-bond donors (Lipinski definition) is 1. The van der Waals surface area contributed by atoms with Gasteiger partial charge in [0.1, 0.15) is 12.6 Å². The summed E-state index contributed by atoms with van der Waals surface area (Å²) in [6.45, 7) is 1.89. The monoisotopic (exact) mass is 266 g/mol. The number of rotatable bonds is 3. The molecule has 0 aromatic heterocycles. The molecule has 5 nitrogen and oxygen atoms in total. The van der Waals surface area contributed by atoms with E-state index < -0.39 is 6.04 Å². The van der Waals surface area contributed by atoms with E-state index in [4.69, 9.17) is 0 Å². The Morgan fingerprint density at radius 1 is 1.26 bits per heavy atom. The first kappa shape index (κ1) is 14.0. The van der Waals surface area contributed by atoms with Gasteiger partial charge in [-0.2, -0.15) is 0 Å². The summed E-state index contributed by atoms with van der Waals surface area (Å²) in [7, 11) is 0. The van der Waals surface area contributed by atoms with Crippen molar-refractivity contribution >= 4 is 17.7 Å². The van der Waals surface area contributed by atoms with Crippen molar-refractivity contribution < 1.29 is 14.4 Å². The average molecular weight is 266 g/mol. The molecule has 3 amide bonds. The third kappa shape index (κ3) is 3.33. The summed E-state index contributed by atoms with van der Waals surface area (Å²) in [5, 5.41) is 2.30. The highest BCUT2D eigenvalue weighted by Gasteiger charge is 2.36. The van der Waals surface area contributed by atoms with Crippen molar-refractivity contribution in [3.8, 4) is 0 Å². The molecule has 0 spiro atoms. The fourth-order valence-corrected chi connectivity index (χ4v) is 3.09. The molecule has 19 heavy (non-hydrogen) atoms. The molecular formula is C14H22N2O3. The summed E-state index contributed by atoms with van der Waals surface area (Å²) >= 11 is 0. The van der Waals surface area contributed by atoms with Gasteiger partial charge in [0.2, 0.25) is 17.7 Å². The van der Waals surface area contributed by atoms with E-state index in [1.807, 2.05) is 6.92 Å². The first-order valence-electron chi connectivity index (χ1n) is 7.25. The molecule has 1 saturated heterocycles. The summed E-state index contributed by atoms with van der Waals surface area (Å²) in [6.07, 6.45) is 6.86. The maximum atomic E-state index is 12.3. The lowest BCUT2D eigenvalue weighted by Crippen LogP contribution is -2.59. The summed E-state index contributed by atoms with van der Waals surface area (Å²) in [5.74, 6) is -0.316. The van der Waals surface area contributed by atoms with Gasteiger partial charge in [0, 0.05) is 6.42 Å². The molecule has 2 rings (SSSR count). The lowest BCUT2D eigenvalue weighted by Gasteiger charge is -2.34. The Morgan fingerprint density at radius 2 is 1.95 bits per heavy atom. The summed E-state index contributed by atoms with van der Waals surface area (Å²) < 4.78 is 0. The standard InChI is InChI=1S/C14H22N2O3/c1-2-11-14(19)15-12(17)9-16(11)13(18)8-10-6-4-3-5-7-10/h10-11H,2-9H2,1H3,(H,15,17,19). The molecule has 0 aromatic rings. The zero-order valence-electron chi connectivity index (χ0n) is 11.5. The molecule has 1 heterocycles. The van der Waals surface area contributed by atoms with E-state index in [9.17, 15) is 14.4 Å². The number of nitrogens with one attached hydrogen (secondary N) is 1. The van der Waals surface area contributed by atoms with Crippen LogP contribution in [0.4, 0.5) is 0 Å². The lowest BCUT2D eigenvalue weighted by molar-refractivity contribution is -0.150. The Labute approximate surface area is 113 Å². The van der Waals surface area contributed by atoms with Crippen molar-refractivity contribution in [3.63, 3.8) is 0 Å². The van der Waals surface area contributed by atoms with Crippen LogP contribution in [-0.2, 0) is 14.4 Å². The molecule has 0 aromatic carbocycles. The quantitative estimate of drug-likeness (QED) is 0.781. The normalized spacial score (nSPS) is 25.3. The average Bonchev–Trinajstić information content (AvgIpc) is 2.39. The van der Waals surface area contributed by atoms with Crippen molar-refractivity contribution in [3.05, 3.63) is 0 Å². The smallest absolute Gasteiger partial charge is 0.249 e. The van der Waals surface area contributed by atoms with Gasteiger partial charge in [-0.15, -0.1) is 0 Å². The Balaban J connectivity index is 1.98. The van der Waals surface area contributed by atoms with Gasteiger partial charge in [-0.1, -0.05) is 26.2 Å². The van der Waals surface area contributed by atoms with E-state index in [1.165, 1.54) is 24.2 Å². The molecule has 106 valence electrons. The number of carbonyl (C=O) groups excluding carboxylic acids is 3. The second-order valence-electron chi connectivity index (χ2n) is 5.57. The Hall–Kier alpha value is -1.39. The topological polar surface area (TPSA) is 66.5 Å². The van der Waals surface area contributed by atoms with Gasteiger partial charge in [0.05, 0.1) is 0 Å². The fourth-order valence-electron chi connectivity index (χ4n) is 3.09. The zero-order valence-corrected chi connectivity index (χ0v) is 11.5. The van der Waals surface area contributed by atoms with Crippen molar-refractivity contribution in [1.29, 1.82) is 0 Å². The van der Waals surface area contributed by atoms with Gasteiger partial charge in [-0.25, -0.2) is 0 Å². The van der Waals surface area contributed by atoms with Crippen LogP contribution in [-0.4, -0.2) is 35.2 Å². The van der Waals surface area contributed by atoms with E-state index >= 15 is 0 Å². The van der Waals surface area contributed by atoms with Gasteiger partial charge in [0.15, 0.2) is 0 Å². The predicted octanol–water partition coefficient (Wildman–Crippen LogP) is 1.22. The lowest BCUT2D eigenvalue weighted by atomic mass is 9.86. The minimum atomic E-state index is -0.478. The number of nitrogens with zero attached hydrogens (tertiary/aromatic N) is 1. The second kappa shape index (κ2) is 6.17. The van der Waals surface area contributed by atoms with Crippen molar-refractivity contribution in [2.24, 2.45) is 5.92 Å². The predicted molar refractivity (Wildman–Crippen MR) is 70.1 cm³/mol. The number of amides is 3. The van der Waals surface area contributed by atoms with Crippen molar-refractivity contribution in [2.75, 3.05) is 6.54 Å². The Kier molecular flexibility index (Phi) is 4.56. The maximum Gasteiger partial charge on any atom is 0.249 e. The van der Waals surface area contributed by atoms with Crippen LogP contribution in [0.2, 0.25) is 0 Å². The van der Waals surface area contributed by atoms with Crippen molar-refractivity contribution in [1.82, 2.24) is 10.2 Å². The fraction of sp³-hybridized carbons (Fsp3) is 0.786. The van der Waals surface area contributed by atoms with Gasteiger partial charge in [-0.05, 0) is 25.2 Å². The van der Waals surface area contributed by atoms with Crippen LogP contribution in [0, 0.1) is 5.92 Å². The second-order valence-corrected chi connectivity index (χ2v) is 5.57. The number of piperazine rings is 1. The highest BCUT2D eigenvalue weighted by atomic mass is 16.2. The van der Waals surface area contributed by atoms with Gasteiger partial charge in [-0.3, -0.25) is 19.7 Å². The summed E-state index contributed by atoms with van der Waals surface area (Å²) in [4.78, 5) is 36.9. The third-order valence-corrected chi connectivity index (χ3v) is 4.15. The van der Waals surface area contributed by atoms with E-state index in [-0.39, 0.29) is 24.3 Å². The Bertz CT molecular complexity index is 375. The molecular weight excluding hydrogens is 244 g/mol. The van der Waals surface area contributed by atoms with Crippen molar-refractivity contribution in [2.45, 2.75) is 57.9 Å². The maximum absolute atomic E-state index is 12.3. The number of imide groups is 1. The minimum absolute atomic E-state index is 0.0236. The molecule has 1 N–H and O–H groups in total. The highest BCUT2D eigenvalue weighted by Crippen LogP contribution is 2.27. The molecule has 5 heteroatoms. The highest BCUT2D eigenvalue weighted by molar-refractivity contribution is 6.04. The van der Waals surface area contributed by atoms with E-state index in [2.05, 4.69) is 5.32 Å². The molecule has 0 radical (unpaired) electrons. The van der Waals surface area contributed by atoms with Crippen LogP contribution in [0.25, 0.3) is 0 Å². The van der Waals surface area contributed by atoms with Gasteiger partial charge >= 0.3 is 0 Å². The summed E-state index contributed by atoms with van der Waals surface area (Å²) in [5.41, 5.74) is 0. The molecule has 1 unspecified atom stereocenters. The molecule has 1 saturated carbocycles. The Morgan fingerprint density at radius 3 is 2.58 bits per heavy atom. The molecule has 0 bridgehead atoms. The molecule has 1 aliphatic carbocycles. The molecule has 1 atom stereocenters. The largest absolute Gasteiger partial charge is 0.321 e. The van der Waals surface area contributed by atoms with E-state index in [0.29, 0.717) is 18.8 Å². The van der Waals surface area contributed by atoms with Gasteiger partial charge in [0.25, 0.3) is 0 Å². The molecule has 1 aliphatic heterocycles. The van der Waals surface area contributed by atoms with E-state index in [1.54, 1.807) is 0 Å². The molecule has 2 fully saturated rings. The van der Waals surface area contributed by atoms with Gasteiger partial charge < -0.3 is 4.90 Å². The minimum Gasteiger partial charge on any atom is -0.321 e. The number of hydrogen-bond acceptors (Lipinski definition) is 3. The van der Waals surface area contributed by atoms with Crippen LogP contribution in [0.5, 0.6) is 0 Å². The first-order valence-corrected chi connectivity index (χ1v) is 7.25. The molecule has 2 aliphatic rings. The summed E-state index contributed by atoms with van der Waals surface area (Å²) in [6, 6.07) is -0.478. The van der Waals surface area contributed by atoms with Crippen LogP contribution in [0.3, 0.4) is 0 Å².